The molecule has 0 saturated carbocycles. The molecule has 3 heteroatoms. The number of nitrogens with two attached hydrogens (primary N) is 1. The number of nitrogen functional groups attached to an aromatic ring is 1. The summed E-state index contributed by atoms with van der Waals surface area (Å²) in [5.74, 6) is 0.597. The molecule has 66 valence electrons. The van der Waals surface area contributed by atoms with Crippen molar-refractivity contribution >= 4 is 5.69 Å². The monoisotopic (exact) mass is 167 g/mol. The van der Waals surface area contributed by atoms with E-state index in [-0.39, 0.29) is 5.75 Å². The van der Waals surface area contributed by atoms with E-state index in [1.54, 1.807) is 6.07 Å². The van der Waals surface area contributed by atoms with Gasteiger partial charge >= 0.3 is 0 Å². The van der Waals surface area contributed by atoms with E-state index >= 15 is 0 Å². The van der Waals surface area contributed by atoms with Gasteiger partial charge in [0, 0.05) is 11.8 Å². The van der Waals surface area contributed by atoms with Gasteiger partial charge in [-0.15, -0.1) is 0 Å². The van der Waals surface area contributed by atoms with Gasteiger partial charge in [-0.25, -0.2) is 0 Å². The van der Waals surface area contributed by atoms with Crippen LogP contribution in [0.4, 0.5) is 5.69 Å². The number of methoxy groups -OCH3 is 1. The Balaban J connectivity index is 3.39. The van der Waals surface area contributed by atoms with Crippen LogP contribution in [0.5, 0.6) is 11.5 Å². The van der Waals surface area contributed by atoms with Gasteiger partial charge in [-0.1, -0.05) is 0 Å². The van der Waals surface area contributed by atoms with Gasteiger partial charge in [-0.05, 0) is 25.0 Å². The standard InChI is InChI=1S/C9H13NO2/c1-5-6(2)9(11)8(12-3)4-7(5)10/h4,11H,10H2,1-3H3. The van der Waals surface area contributed by atoms with Gasteiger partial charge in [0.25, 0.3) is 0 Å². The highest BCUT2D eigenvalue weighted by atomic mass is 16.5. The first kappa shape index (κ1) is 8.71. The van der Waals surface area contributed by atoms with Crippen LogP contribution in [0.15, 0.2) is 6.07 Å². The molecule has 0 aliphatic heterocycles. The second-order valence-electron chi connectivity index (χ2n) is 2.77. The average molecular weight is 167 g/mol. The second-order valence-corrected chi connectivity index (χ2v) is 2.77. The van der Waals surface area contributed by atoms with Crippen LogP contribution in [0.2, 0.25) is 0 Å². The molecule has 0 unspecified atom stereocenters. The zero-order valence-corrected chi connectivity index (χ0v) is 7.51. The Hall–Kier alpha value is -1.38. The maximum absolute atomic E-state index is 9.52. The molecule has 0 bridgehead atoms. The quantitative estimate of drug-likeness (QED) is 0.493. The minimum atomic E-state index is 0.171. The lowest BCUT2D eigenvalue weighted by Gasteiger charge is -2.10. The number of anilines is 1. The lowest BCUT2D eigenvalue weighted by atomic mass is 10.1. The van der Waals surface area contributed by atoms with Gasteiger partial charge in [0.2, 0.25) is 0 Å². The molecule has 1 aromatic carbocycles. The fraction of sp³-hybridized carbons (Fsp3) is 0.333. The predicted octanol–water partition coefficient (Wildman–Crippen LogP) is 1.60. The number of hydrogen-bond acceptors (Lipinski definition) is 3. The van der Waals surface area contributed by atoms with Crippen molar-refractivity contribution in [2.75, 3.05) is 12.8 Å². The van der Waals surface area contributed by atoms with E-state index in [2.05, 4.69) is 0 Å². The van der Waals surface area contributed by atoms with Crippen LogP contribution in [0.3, 0.4) is 0 Å². The third kappa shape index (κ3) is 1.18. The number of benzene rings is 1. The Morgan fingerprint density at radius 2 is 1.92 bits per heavy atom. The van der Waals surface area contributed by atoms with Gasteiger partial charge in [-0.2, -0.15) is 0 Å². The summed E-state index contributed by atoms with van der Waals surface area (Å²) in [6.07, 6.45) is 0. The number of aromatic hydroxyl groups is 1. The van der Waals surface area contributed by atoms with Crippen molar-refractivity contribution in [1.82, 2.24) is 0 Å². The first-order valence-electron chi connectivity index (χ1n) is 3.70. The summed E-state index contributed by atoms with van der Waals surface area (Å²) in [5, 5.41) is 9.52. The topological polar surface area (TPSA) is 55.5 Å². The van der Waals surface area contributed by atoms with Crippen molar-refractivity contribution < 1.29 is 9.84 Å². The van der Waals surface area contributed by atoms with E-state index in [0.29, 0.717) is 11.4 Å². The van der Waals surface area contributed by atoms with Crippen LogP contribution in [0.25, 0.3) is 0 Å². The third-order valence-corrected chi connectivity index (χ3v) is 2.09. The molecule has 1 rings (SSSR count). The maximum atomic E-state index is 9.52. The van der Waals surface area contributed by atoms with Crippen molar-refractivity contribution in [3.05, 3.63) is 17.2 Å². The van der Waals surface area contributed by atoms with Crippen LogP contribution >= 0.6 is 0 Å². The minimum Gasteiger partial charge on any atom is -0.504 e. The Bertz CT molecular complexity index is 308. The molecule has 3 N–H and O–H groups in total. The summed E-state index contributed by atoms with van der Waals surface area (Å²) in [6, 6.07) is 1.62. The molecule has 0 amide bonds. The van der Waals surface area contributed by atoms with Crippen LogP contribution in [-0.4, -0.2) is 12.2 Å². The summed E-state index contributed by atoms with van der Waals surface area (Å²) < 4.78 is 4.93. The Kier molecular flexibility index (Phi) is 2.13. The molecule has 0 heterocycles. The number of rotatable bonds is 1. The van der Waals surface area contributed by atoms with Crippen molar-refractivity contribution in [3.63, 3.8) is 0 Å². The molecule has 0 aromatic heterocycles. The minimum absolute atomic E-state index is 0.171. The fourth-order valence-corrected chi connectivity index (χ4v) is 1.05. The molecule has 0 fully saturated rings. The maximum Gasteiger partial charge on any atom is 0.162 e. The van der Waals surface area contributed by atoms with Gasteiger partial charge in [0.1, 0.15) is 0 Å². The fourth-order valence-electron chi connectivity index (χ4n) is 1.05. The first-order valence-corrected chi connectivity index (χ1v) is 3.70. The molecular formula is C9H13NO2. The zero-order valence-electron chi connectivity index (χ0n) is 7.51. The molecule has 0 radical (unpaired) electrons. The van der Waals surface area contributed by atoms with Gasteiger partial charge < -0.3 is 15.6 Å². The normalized spacial score (nSPS) is 9.92. The van der Waals surface area contributed by atoms with Gasteiger partial charge in [0.15, 0.2) is 11.5 Å². The SMILES string of the molecule is COc1cc(N)c(C)c(C)c1O. The van der Waals surface area contributed by atoms with E-state index in [1.807, 2.05) is 13.8 Å². The van der Waals surface area contributed by atoms with Crippen LogP contribution < -0.4 is 10.5 Å². The largest absolute Gasteiger partial charge is 0.504 e. The van der Waals surface area contributed by atoms with Crippen molar-refractivity contribution in [3.8, 4) is 11.5 Å². The summed E-state index contributed by atoms with van der Waals surface area (Å²) >= 11 is 0. The number of phenols is 1. The van der Waals surface area contributed by atoms with Crippen molar-refractivity contribution in [2.24, 2.45) is 0 Å². The van der Waals surface area contributed by atoms with Gasteiger partial charge in [-0.3, -0.25) is 0 Å². The summed E-state index contributed by atoms with van der Waals surface area (Å²) in [4.78, 5) is 0. The Morgan fingerprint density at radius 1 is 1.33 bits per heavy atom. The van der Waals surface area contributed by atoms with Crippen molar-refractivity contribution in [1.29, 1.82) is 0 Å². The molecule has 0 aliphatic rings. The Morgan fingerprint density at radius 3 is 2.42 bits per heavy atom. The summed E-state index contributed by atoms with van der Waals surface area (Å²) in [6.45, 7) is 3.67. The number of phenolic OH excluding ortho intramolecular Hbond substituents is 1. The van der Waals surface area contributed by atoms with E-state index < -0.39 is 0 Å². The van der Waals surface area contributed by atoms with Gasteiger partial charge in [0.05, 0.1) is 7.11 Å². The molecule has 0 saturated heterocycles. The molecule has 0 atom stereocenters. The molecule has 0 aliphatic carbocycles. The molecule has 0 spiro atoms. The lowest BCUT2D eigenvalue weighted by Crippen LogP contribution is -1.95. The van der Waals surface area contributed by atoms with Crippen LogP contribution in [-0.2, 0) is 0 Å². The number of ether oxygens (including phenoxy) is 1. The van der Waals surface area contributed by atoms with E-state index in [1.165, 1.54) is 7.11 Å². The lowest BCUT2D eigenvalue weighted by molar-refractivity contribution is 0.371. The average Bonchev–Trinajstić information content (AvgIpc) is 2.08. The highest BCUT2D eigenvalue weighted by Gasteiger charge is 2.09. The first-order chi connectivity index (χ1) is 5.57. The molecule has 3 nitrogen and oxygen atoms in total. The van der Waals surface area contributed by atoms with E-state index in [0.717, 1.165) is 11.1 Å². The zero-order chi connectivity index (χ0) is 9.30. The van der Waals surface area contributed by atoms with E-state index in [9.17, 15) is 5.11 Å². The molecular weight excluding hydrogens is 154 g/mol. The highest BCUT2D eigenvalue weighted by molar-refractivity contribution is 5.61. The number of hydrogen-bond donors (Lipinski definition) is 2. The molecule has 1 aromatic rings. The van der Waals surface area contributed by atoms with Crippen LogP contribution in [0.1, 0.15) is 11.1 Å². The second kappa shape index (κ2) is 2.93. The van der Waals surface area contributed by atoms with Crippen molar-refractivity contribution in [2.45, 2.75) is 13.8 Å². The smallest absolute Gasteiger partial charge is 0.162 e. The third-order valence-electron chi connectivity index (χ3n) is 2.09. The predicted molar refractivity (Wildman–Crippen MR) is 48.5 cm³/mol. The highest BCUT2D eigenvalue weighted by Crippen LogP contribution is 2.34. The van der Waals surface area contributed by atoms with Crippen LogP contribution in [0, 0.1) is 13.8 Å². The molecule has 12 heavy (non-hydrogen) atoms. The summed E-state index contributed by atoms with van der Waals surface area (Å²) in [5.41, 5.74) is 7.98. The Labute approximate surface area is 71.8 Å². The summed E-state index contributed by atoms with van der Waals surface area (Å²) in [7, 11) is 1.50. The van der Waals surface area contributed by atoms with E-state index in [4.69, 9.17) is 10.5 Å².